The highest BCUT2D eigenvalue weighted by molar-refractivity contribution is 5.70. The Morgan fingerprint density at radius 2 is 2.00 bits per heavy atom. The second-order valence-corrected chi connectivity index (χ2v) is 3.06. The van der Waals surface area contributed by atoms with Gasteiger partial charge in [0.25, 0.3) is 0 Å². The molecule has 0 aliphatic heterocycles. The SMILES string of the molecule is C=N/C(=C\C=C/C)c1ccc(NC)cc1. The third-order valence-corrected chi connectivity index (χ3v) is 2.09. The molecule has 0 unspecified atom stereocenters. The Hall–Kier alpha value is -1.83. The fourth-order valence-corrected chi connectivity index (χ4v) is 1.24. The van der Waals surface area contributed by atoms with Crippen LogP contribution in [0.4, 0.5) is 5.69 Å². The van der Waals surface area contributed by atoms with Crippen LogP contribution in [0.2, 0.25) is 0 Å². The maximum Gasteiger partial charge on any atom is 0.0694 e. The van der Waals surface area contributed by atoms with Gasteiger partial charge in [-0.2, -0.15) is 0 Å². The van der Waals surface area contributed by atoms with Gasteiger partial charge in [0.15, 0.2) is 0 Å². The van der Waals surface area contributed by atoms with E-state index in [0.717, 1.165) is 16.9 Å². The van der Waals surface area contributed by atoms with Crippen molar-refractivity contribution in [3.63, 3.8) is 0 Å². The number of nitrogens with one attached hydrogen (secondary N) is 1. The number of nitrogens with zero attached hydrogens (tertiary/aromatic N) is 1. The number of rotatable bonds is 4. The monoisotopic (exact) mass is 200 g/mol. The highest BCUT2D eigenvalue weighted by atomic mass is 14.8. The van der Waals surface area contributed by atoms with Crippen LogP contribution in [-0.4, -0.2) is 13.8 Å². The van der Waals surface area contributed by atoms with E-state index in [-0.39, 0.29) is 0 Å². The zero-order chi connectivity index (χ0) is 11.1. The molecule has 0 saturated heterocycles. The summed E-state index contributed by atoms with van der Waals surface area (Å²) in [6, 6.07) is 8.08. The largest absolute Gasteiger partial charge is 0.388 e. The number of allylic oxidation sites excluding steroid dienone is 3. The van der Waals surface area contributed by atoms with Crippen LogP contribution in [0, 0.1) is 0 Å². The fraction of sp³-hybridized carbons (Fsp3) is 0.154. The van der Waals surface area contributed by atoms with Crippen LogP contribution in [0.15, 0.2) is 47.5 Å². The smallest absolute Gasteiger partial charge is 0.0694 e. The minimum Gasteiger partial charge on any atom is -0.388 e. The standard InChI is InChI=1S/C13H16N2/c1-4-5-6-13(15-3)11-7-9-12(14-2)10-8-11/h4-10,14H,3H2,1-2H3/b5-4-,13-6-. The predicted octanol–water partition coefficient (Wildman–Crippen LogP) is 3.35. The molecule has 0 aliphatic rings. The minimum atomic E-state index is 0.885. The third-order valence-electron chi connectivity index (χ3n) is 2.09. The normalized spacial score (nSPS) is 11.7. The summed E-state index contributed by atoms with van der Waals surface area (Å²) in [4.78, 5) is 3.99. The molecule has 0 aliphatic carbocycles. The van der Waals surface area contributed by atoms with E-state index in [1.54, 1.807) is 0 Å². The Labute approximate surface area is 91.1 Å². The van der Waals surface area contributed by atoms with E-state index < -0.39 is 0 Å². The predicted molar refractivity (Wildman–Crippen MR) is 68.3 cm³/mol. The van der Waals surface area contributed by atoms with Gasteiger partial charge in [0.1, 0.15) is 0 Å². The average molecular weight is 200 g/mol. The molecule has 0 fully saturated rings. The molecule has 1 aromatic rings. The highest BCUT2D eigenvalue weighted by Gasteiger charge is 1.97. The molecule has 15 heavy (non-hydrogen) atoms. The van der Waals surface area contributed by atoms with Gasteiger partial charge in [-0.3, -0.25) is 4.99 Å². The molecule has 0 heterocycles. The van der Waals surface area contributed by atoms with Crippen LogP contribution in [0.1, 0.15) is 12.5 Å². The van der Waals surface area contributed by atoms with Crippen molar-refractivity contribution in [2.75, 3.05) is 12.4 Å². The minimum absolute atomic E-state index is 0.885. The van der Waals surface area contributed by atoms with Gasteiger partial charge in [-0.1, -0.05) is 24.3 Å². The molecule has 2 heteroatoms. The average Bonchev–Trinajstić information content (AvgIpc) is 2.31. The number of hydrogen-bond acceptors (Lipinski definition) is 2. The van der Waals surface area contributed by atoms with Crippen LogP contribution < -0.4 is 5.32 Å². The Bertz CT molecular complexity index is 372. The summed E-state index contributed by atoms with van der Waals surface area (Å²) in [6.45, 7) is 5.54. The summed E-state index contributed by atoms with van der Waals surface area (Å²) in [5, 5.41) is 3.07. The summed E-state index contributed by atoms with van der Waals surface area (Å²) >= 11 is 0. The zero-order valence-electron chi connectivity index (χ0n) is 9.20. The van der Waals surface area contributed by atoms with Crippen molar-refractivity contribution in [3.05, 3.63) is 48.1 Å². The highest BCUT2D eigenvalue weighted by Crippen LogP contribution is 2.17. The molecule has 78 valence electrons. The van der Waals surface area contributed by atoms with Crippen molar-refractivity contribution < 1.29 is 0 Å². The van der Waals surface area contributed by atoms with E-state index in [1.807, 2.05) is 56.5 Å². The summed E-state index contributed by atoms with van der Waals surface area (Å²) in [5.41, 5.74) is 3.05. The van der Waals surface area contributed by atoms with E-state index in [2.05, 4.69) is 17.0 Å². The van der Waals surface area contributed by atoms with E-state index in [0.29, 0.717) is 0 Å². The summed E-state index contributed by atoms with van der Waals surface area (Å²) in [6.07, 6.45) is 5.87. The molecule has 1 rings (SSSR count). The van der Waals surface area contributed by atoms with E-state index in [1.165, 1.54) is 0 Å². The fourth-order valence-electron chi connectivity index (χ4n) is 1.24. The van der Waals surface area contributed by atoms with Gasteiger partial charge < -0.3 is 5.32 Å². The van der Waals surface area contributed by atoms with E-state index in [9.17, 15) is 0 Å². The molecule has 2 nitrogen and oxygen atoms in total. The Morgan fingerprint density at radius 3 is 2.47 bits per heavy atom. The second-order valence-electron chi connectivity index (χ2n) is 3.06. The third kappa shape index (κ3) is 3.09. The van der Waals surface area contributed by atoms with Crippen molar-refractivity contribution in [2.24, 2.45) is 4.99 Å². The van der Waals surface area contributed by atoms with E-state index in [4.69, 9.17) is 0 Å². The van der Waals surface area contributed by atoms with E-state index >= 15 is 0 Å². The summed E-state index contributed by atoms with van der Waals surface area (Å²) < 4.78 is 0. The van der Waals surface area contributed by atoms with Crippen molar-refractivity contribution in [2.45, 2.75) is 6.92 Å². The first kappa shape index (κ1) is 11.2. The lowest BCUT2D eigenvalue weighted by Gasteiger charge is -2.03. The molecule has 0 spiro atoms. The van der Waals surface area contributed by atoms with Crippen molar-refractivity contribution >= 4 is 18.1 Å². The van der Waals surface area contributed by atoms with Gasteiger partial charge in [0.2, 0.25) is 0 Å². The van der Waals surface area contributed by atoms with Gasteiger partial charge >= 0.3 is 0 Å². The van der Waals surface area contributed by atoms with Crippen LogP contribution >= 0.6 is 0 Å². The molecule has 1 N–H and O–H groups in total. The molecule has 0 radical (unpaired) electrons. The lowest BCUT2D eigenvalue weighted by atomic mass is 10.1. The number of anilines is 1. The maximum absolute atomic E-state index is 3.99. The Balaban J connectivity index is 2.97. The van der Waals surface area contributed by atoms with Gasteiger partial charge in [0.05, 0.1) is 5.70 Å². The Morgan fingerprint density at radius 1 is 1.33 bits per heavy atom. The lowest BCUT2D eigenvalue weighted by Crippen LogP contribution is -1.87. The molecular weight excluding hydrogens is 184 g/mol. The molecule has 0 saturated carbocycles. The first-order valence-electron chi connectivity index (χ1n) is 4.89. The number of hydrogen-bond donors (Lipinski definition) is 1. The number of aliphatic imine (C=N–C) groups is 1. The van der Waals surface area contributed by atoms with Crippen LogP contribution in [0.25, 0.3) is 5.70 Å². The number of benzene rings is 1. The molecule has 0 amide bonds. The molecular formula is C13H16N2. The van der Waals surface area contributed by atoms with Gasteiger partial charge in [0, 0.05) is 18.3 Å². The van der Waals surface area contributed by atoms with Crippen molar-refractivity contribution in [1.29, 1.82) is 0 Å². The summed E-state index contributed by atoms with van der Waals surface area (Å²) in [7, 11) is 1.90. The first-order valence-corrected chi connectivity index (χ1v) is 4.89. The molecule has 0 bridgehead atoms. The Kier molecular flexibility index (Phi) is 4.35. The van der Waals surface area contributed by atoms with Crippen molar-refractivity contribution in [3.8, 4) is 0 Å². The maximum atomic E-state index is 3.99. The molecule has 0 atom stereocenters. The zero-order valence-corrected chi connectivity index (χ0v) is 9.20. The van der Waals surface area contributed by atoms with Crippen LogP contribution in [0.3, 0.4) is 0 Å². The van der Waals surface area contributed by atoms with Gasteiger partial charge in [-0.05, 0) is 31.9 Å². The van der Waals surface area contributed by atoms with Crippen LogP contribution in [-0.2, 0) is 0 Å². The molecule has 0 aromatic heterocycles. The second kappa shape index (κ2) is 5.81. The quantitative estimate of drug-likeness (QED) is 0.585. The lowest BCUT2D eigenvalue weighted by molar-refractivity contribution is 1.47. The molecule has 1 aromatic carbocycles. The topological polar surface area (TPSA) is 24.4 Å². The summed E-state index contributed by atoms with van der Waals surface area (Å²) in [5.74, 6) is 0. The van der Waals surface area contributed by atoms with Crippen molar-refractivity contribution in [1.82, 2.24) is 0 Å². The van der Waals surface area contributed by atoms with Gasteiger partial charge in [-0.15, -0.1) is 0 Å². The van der Waals surface area contributed by atoms with Crippen LogP contribution in [0.5, 0.6) is 0 Å². The first-order chi connectivity index (χ1) is 7.31. The van der Waals surface area contributed by atoms with Gasteiger partial charge in [-0.25, -0.2) is 0 Å².